The molecule has 0 bridgehead atoms. The number of nitrogens with two attached hydrogens (primary N) is 1. The number of nitrogens with zero attached hydrogens (tertiary/aromatic N) is 1. The Morgan fingerprint density at radius 2 is 1.31 bits per heavy atom. The topological polar surface area (TPSA) is 237 Å². The molecule has 0 spiro atoms. The maximum absolute atomic E-state index is 13.8. The number of amides is 5. The maximum atomic E-state index is 13.8. The fourth-order valence-electron chi connectivity index (χ4n) is 6.00. The number of carbonyl (C=O) groups excluding carboxylic acids is 5. The fourth-order valence-corrected chi connectivity index (χ4v) is 6.00. The van der Waals surface area contributed by atoms with E-state index in [-0.39, 0.29) is 44.1 Å². The molecule has 0 aliphatic carbocycles. The van der Waals surface area contributed by atoms with Gasteiger partial charge >= 0.3 is 11.9 Å². The molecule has 1 aliphatic heterocycles. The first kappa shape index (κ1) is 42.6. The molecule has 1 aliphatic rings. The smallest absolute Gasteiger partial charge is 0.326 e. The first-order chi connectivity index (χ1) is 23.9. The molecule has 0 unspecified atom stereocenters. The van der Waals surface area contributed by atoms with Crippen molar-refractivity contribution in [2.45, 2.75) is 123 Å². The SMILES string of the molecule is CC[C@H](C)[C@H](NC(=O)[C@H](CC(C)C)NC(=O)[C@@H](N)Cc1ccccc1)C(=O)N[C@@H](CC(C)C)C(=O)N[C@@H](CC(=O)O)C(=O)N1CCC[C@H]1C(=O)O. The van der Waals surface area contributed by atoms with E-state index in [0.717, 1.165) is 10.5 Å². The Morgan fingerprint density at radius 3 is 1.82 bits per heavy atom. The monoisotopic (exact) mass is 716 g/mol. The Kier molecular flexibility index (Phi) is 17.0. The van der Waals surface area contributed by atoms with Gasteiger partial charge in [0.2, 0.25) is 29.5 Å². The number of rotatable bonds is 20. The van der Waals surface area contributed by atoms with E-state index in [4.69, 9.17) is 5.73 Å². The van der Waals surface area contributed by atoms with Gasteiger partial charge in [0.1, 0.15) is 30.2 Å². The molecule has 51 heavy (non-hydrogen) atoms. The third-order valence-corrected chi connectivity index (χ3v) is 8.92. The van der Waals surface area contributed by atoms with Crippen molar-refractivity contribution in [2.24, 2.45) is 23.5 Å². The molecule has 15 heteroatoms. The van der Waals surface area contributed by atoms with Crippen molar-refractivity contribution in [3.8, 4) is 0 Å². The summed E-state index contributed by atoms with van der Waals surface area (Å²) in [7, 11) is 0. The lowest BCUT2D eigenvalue weighted by Crippen LogP contribution is -2.60. The maximum Gasteiger partial charge on any atom is 0.326 e. The van der Waals surface area contributed by atoms with Crippen LogP contribution in [0.15, 0.2) is 30.3 Å². The van der Waals surface area contributed by atoms with Gasteiger partial charge in [-0.15, -0.1) is 0 Å². The summed E-state index contributed by atoms with van der Waals surface area (Å²) in [6.45, 7) is 11.1. The largest absolute Gasteiger partial charge is 0.481 e. The van der Waals surface area contributed by atoms with Crippen molar-refractivity contribution in [1.29, 1.82) is 0 Å². The van der Waals surface area contributed by atoms with Gasteiger partial charge in [0.05, 0.1) is 12.5 Å². The predicted octanol–water partition coefficient (Wildman–Crippen LogP) is 1.18. The Balaban J connectivity index is 2.25. The first-order valence-corrected chi connectivity index (χ1v) is 17.7. The molecular weight excluding hydrogens is 660 g/mol. The van der Waals surface area contributed by atoms with Gasteiger partial charge in [-0.1, -0.05) is 78.3 Å². The van der Waals surface area contributed by atoms with E-state index >= 15 is 0 Å². The summed E-state index contributed by atoms with van der Waals surface area (Å²) < 4.78 is 0. The second-order valence-corrected chi connectivity index (χ2v) is 14.2. The average Bonchev–Trinajstić information content (AvgIpc) is 3.56. The van der Waals surface area contributed by atoms with Crippen molar-refractivity contribution in [1.82, 2.24) is 26.2 Å². The van der Waals surface area contributed by atoms with Crippen LogP contribution in [0.4, 0.5) is 0 Å². The van der Waals surface area contributed by atoms with Gasteiger partial charge in [0, 0.05) is 6.54 Å². The summed E-state index contributed by atoms with van der Waals surface area (Å²) in [5.41, 5.74) is 7.04. The molecule has 1 aromatic carbocycles. The van der Waals surface area contributed by atoms with Crippen molar-refractivity contribution in [2.75, 3.05) is 6.54 Å². The Morgan fingerprint density at radius 1 is 0.784 bits per heavy atom. The van der Waals surface area contributed by atoms with Gasteiger partial charge < -0.3 is 42.1 Å². The van der Waals surface area contributed by atoms with Crippen LogP contribution >= 0.6 is 0 Å². The van der Waals surface area contributed by atoms with Gasteiger partial charge in [-0.3, -0.25) is 28.8 Å². The highest BCUT2D eigenvalue weighted by Crippen LogP contribution is 2.20. The van der Waals surface area contributed by atoms with E-state index in [2.05, 4.69) is 21.3 Å². The van der Waals surface area contributed by atoms with E-state index in [1.54, 1.807) is 6.92 Å². The molecule has 15 nitrogen and oxygen atoms in total. The summed E-state index contributed by atoms with van der Waals surface area (Å²) in [4.78, 5) is 92.0. The summed E-state index contributed by atoms with van der Waals surface area (Å²) in [5.74, 6) is -6.61. The number of carbonyl (C=O) groups is 7. The molecular formula is C36H56N6O9. The fraction of sp³-hybridized carbons (Fsp3) is 0.639. The Labute approximate surface area is 299 Å². The molecule has 7 atom stereocenters. The quantitative estimate of drug-likeness (QED) is 0.102. The molecule has 1 aromatic rings. The van der Waals surface area contributed by atoms with E-state index in [9.17, 15) is 43.8 Å². The number of aliphatic carboxylic acids is 2. The van der Waals surface area contributed by atoms with Gasteiger partial charge in [0.25, 0.3) is 0 Å². The number of hydrogen-bond acceptors (Lipinski definition) is 8. The summed E-state index contributed by atoms with van der Waals surface area (Å²) in [5, 5.41) is 29.7. The third-order valence-electron chi connectivity index (χ3n) is 8.92. The van der Waals surface area contributed by atoms with Crippen LogP contribution in [0.25, 0.3) is 0 Å². The van der Waals surface area contributed by atoms with E-state index in [1.165, 1.54) is 0 Å². The van der Waals surface area contributed by atoms with Crippen molar-refractivity contribution in [3.63, 3.8) is 0 Å². The third kappa shape index (κ3) is 13.6. The van der Waals surface area contributed by atoms with E-state index in [1.807, 2.05) is 65.0 Å². The minimum atomic E-state index is -1.57. The van der Waals surface area contributed by atoms with Crippen LogP contribution in [0.5, 0.6) is 0 Å². The summed E-state index contributed by atoms with van der Waals surface area (Å²) in [6, 6.07) is 2.25. The predicted molar refractivity (Wildman–Crippen MR) is 189 cm³/mol. The van der Waals surface area contributed by atoms with Crippen molar-refractivity contribution in [3.05, 3.63) is 35.9 Å². The van der Waals surface area contributed by atoms with Gasteiger partial charge in [-0.2, -0.15) is 0 Å². The molecule has 0 aromatic heterocycles. The lowest BCUT2D eigenvalue weighted by Gasteiger charge is -2.30. The van der Waals surface area contributed by atoms with Crippen molar-refractivity contribution >= 4 is 41.5 Å². The number of carboxylic acids is 2. The zero-order valence-electron chi connectivity index (χ0n) is 30.5. The molecule has 284 valence electrons. The van der Waals surface area contributed by atoms with Gasteiger partial charge in [-0.25, -0.2) is 4.79 Å². The van der Waals surface area contributed by atoms with Crippen molar-refractivity contribution < 1.29 is 43.8 Å². The normalized spacial score (nSPS) is 17.8. The lowest BCUT2D eigenvalue weighted by molar-refractivity contribution is -0.150. The van der Waals surface area contributed by atoms with Crippen LogP contribution in [-0.2, 0) is 40.0 Å². The van der Waals surface area contributed by atoms with Crippen LogP contribution in [-0.4, -0.2) is 99.4 Å². The van der Waals surface area contributed by atoms with Gasteiger partial charge in [-0.05, 0) is 55.4 Å². The first-order valence-electron chi connectivity index (χ1n) is 17.7. The number of hydrogen-bond donors (Lipinski definition) is 7. The zero-order valence-corrected chi connectivity index (χ0v) is 30.5. The number of likely N-dealkylation sites (tertiary alicyclic amines) is 1. The molecule has 1 fully saturated rings. The minimum absolute atomic E-state index is 0.00538. The van der Waals surface area contributed by atoms with Crippen LogP contribution < -0.4 is 27.0 Å². The Bertz CT molecular complexity index is 1370. The van der Waals surface area contributed by atoms with Crippen LogP contribution in [0.1, 0.15) is 85.6 Å². The number of nitrogens with one attached hydrogen (secondary N) is 4. The number of benzene rings is 1. The molecule has 0 radical (unpaired) electrons. The van der Waals surface area contributed by atoms with Crippen LogP contribution in [0.3, 0.4) is 0 Å². The second-order valence-electron chi connectivity index (χ2n) is 14.2. The highest BCUT2D eigenvalue weighted by Gasteiger charge is 2.40. The molecule has 2 rings (SSSR count). The highest BCUT2D eigenvalue weighted by molar-refractivity contribution is 5.97. The Hall–Kier alpha value is -4.53. The standard InChI is InChI=1S/C36H56N6O9/c1-7-22(6)30(41-33(47)26(17-21(4)5)38-31(45)24(37)18-23-12-9-8-10-13-23)34(48)39-25(16-20(2)3)32(46)40-27(19-29(43)44)35(49)42-15-11-14-28(42)36(50)51/h8-10,12-13,20-22,24-28,30H,7,11,14-19,37H2,1-6H3,(H,38,45)(H,39,48)(H,40,46)(H,41,47)(H,43,44)(H,50,51)/t22-,24-,25-,26-,27-,28-,30-/m0/s1. The molecule has 5 amide bonds. The minimum Gasteiger partial charge on any atom is -0.481 e. The number of carboxylic acid groups (broad SMARTS) is 2. The summed E-state index contributed by atoms with van der Waals surface area (Å²) in [6.07, 6.45) is 0.925. The molecule has 0 saturated carbocycles. The second kappa shape index (κ2) is 20.4. The van der Waals surface area contributed by atoms with Crippen LogP contribution in [0.2, 0.25) is 0 Å². The zero-order chi connectivity index (χ0) is 38.4. The average molecular weight is 717 g/mol. The molecule has 1 saturated heterocycles. The van der Waals surface area contributed by atoms with E-state index < -0.39 is 90.1 Å². The van der Waals surface area contributed by atoms with Gasteiger partial charge in [0.15, 0.2) is 0 Å². The van der Waals surface area contributed by atoms with E-state index in [0.29, 0.717) is 12.8 Å². The van der Waals surface area contributed by atoms with Crippen LogP contribution in [0, 0.1) is 17.8 Å². The molecule has 1 heterocycles. The lowest BCUT2D eigenvalue weighted by atomic mass is 9.95. The summed E-state index contributed by atoms with van der Waals surface area (Å²) >= 11 is 0. The highest BCUT2D eigenvalue weighted by atomic mass is 16.4. The molecule has 8 N–H and O–H groups in total.